The number of rotatable bonds is 3. The lowest BCUT2D eigenvalue weighted by atomic mass is 10.0. The molecule has 2 atom stereocenters. The van der Waals surface area contributed by atoms with Crippen molar-refractivity contribution < 1.29 is 14.6 Å². The van der Waals surface area contributed by atoms with Gasteiger partial charge in [-0.1, -0.05) is 6.92 Å². The summed E-state index contributed by atoms with van der Waals surface area (Å²) in [6, 6.07) is 5.21. The number of halogens is 1. The summed E-state index contributed by atoms with van der Waals surface area (Å²) in [6.45, 7) is 2.79. The van der Waals surface area contributed by atoms with Gasteiger partial charge in [0.15, 0.2) is 0 Å². The molecule has 0 aromatic heterocycles. The van der Waals surface area contributed by atoms with Gasteiger partial charge >= 0.3 is 0 Å². The molecule has 1 aliphatic heterocycles. The van der Waals surface area contributed by atoms with Crippen LogP contribution < -0.4 is 4.74 Å². The summed E-state index contributed by atoms with van der Waals surface area (Å²) in [7, 11) is 1.59. The highest BCUT2D eigenvalue weighted by molar-refractivity contribution is 9.10. The number of hydrogen-bond donors (Lipinski definition) is 1. The summed E-state index contributed by atoms with van der Waals surface area (Å²) in [6.07, 6.45) is 0.939. The van der Waals surface area contributed by atoms with Crippen molar-refractivity contribution in [3.05, 3.63) is 28.2 Å². The SMILES string of the molecule is COc1ccc(C(=O)N2CCC(C)C2CO)cc1Br. The van der Waals surface area contributed by atoms with Gasteiger partial charge in [0.25, 0.3) is 5.91 Å². The van der Waals surface area contributed by atoms with E-state index in [1.165, 1.54) is 0 Å². The van der Waals surface area contributed by atoms with Gasteiger partial charge in [0, 0.05) is 12.1 Å². The summed E-state index contributed by atoms with van der Waals surface area (Å²) in [4.78, 5) is 14.2. The van der Waals surface area contributed by atoms with Gasteiger partial charge in [-0.05, 0) is 46.5 Å². The minimum absolute atomic E-state index is 0.0181. The molecule has 0 radical (unpaired) electrons. The number of ether oxygens (including phenoxy) is 1. The number of aliphatic hydroxyl groups is 1. The molecule has 1 aliphatic rings. The van der Waals surface area contributed by atoms with E-state index in [0.717, 1.165) is 10.9 Å². The second-order valence-corrected chi connectivity index (χ2v) is 5.72. The molecule has 19 heavy (non-hydrogen) atoms. The molecule has 1 amide bonds. The molecule has 0 bridgehead atoms. The average Bonchev–Trinajstić information content (AvgIpc) is 2.78. The highest BCUT2D eigenvalue weighted by Gasteiger charge is 2.34. The lowest BCUT2D eigenvalue weighted by Crippen LogP contribution is -2.39. The molecule has 5 heteroatoms. The Labute approximate surface area is 121 Å². The lowest BCUT2D eigenvalue weighted by molar-refractivity contribution is 0.0648. The van der Waals surface area contributed by atoms with Crippen molar-refractivity contribution in [1.82, 2.24) is 4.90 Å². The molecule has 1 saturated heterocycles. The number of benzene rings is 1. The van der Waals surface area contributed by atoms with Gasteiger partial charge < -0.3 is 14.7 Å². The monoisotopic (exact) mass is 327 g/mol. The van der Waals surface area contributed by atoms with Crippen LogP contribution in [0.2, 0.25) is 0 Å². The highest BCUT2D eigenvalue weighted by atomic mass is 79.9. The lowest BCUT2D eigenvalue weighted by Gasteiger charge is -2.25. The van der Waals surface area contributed by atoms with Crippen LogP contribution in [0.15, 0.2) is 22.7 Å². The van der Waals surface area contributed by atoms with E-state index in [-0.39, 0.29) is 18.6 Å². The molecule has 0 spiro atoms. The first-order valence-electron chi connectivity index (χ1n) is 6.33. The number of likely N-dealkylation sites (tertiary alicyclic amines) is 1. The topological polar surface area (TPSA) is 49.8 Å². The molecule has 1 heterocycles. The first-order chi connectivity index (χ1) is 9.08. The quantitative estimate of drug-likeness (QED) is 0.926. The van der Waals surface area contributed by atoms with Gasteiger partial charge in [-0.25, -0.2) is 0 Å². The molecule has 104 valence electrons. The van der Waals surface area contributed by atoms with Crippen LogP contribution in [0.3, 0.4) is 0 Å². The Morgan fingerprint density at radius 3 is 2.89 bits per heavy atom. The normalized spacial score (nSPS) is 22.6. The van der Waals surface area contributed by atoms with Crippen LogP contribution in [0.4, 0.5) is 0 Å². The number of carbonyl (C=O) groups excluding carboxylic acids is 1. The zero-order valence-corrected chi connectivity index (χ0v) is 12.7. The van der Waals surface area contributed by atoms with Gasteiger partial charge in [-0.15, -0.1) is 0 Å². The molecule has 1 aromatic carbocycles. The van der Waals surface area contributed by atoms with E-state index >= 15 is 0 Å². The van der Waals surface area contributed by atoms with Crippen molar-refractivity contribution in [2.45, 2.75) is 19.4 Å². The molecule has 0 saturated carbocycles. The Morgan fingerprint density at radius 1 is 1.58 bits per heavy atom. The van der Waals surface area contributed by atoms with E-state index in [2.05, 4.69) is 22.9 Å². The van der Waals surface area contributed by atoms with Crippen LogP contribution in [0.5, 0.6) is 5.75 Å². The maximum atomic E-state index is 12.5. The number of carbonyl (C=O) groups is 1. The molecule has 4 nitrogen and oxygen atoms in total. The molecule has 1 aromatic rings. The van der Waals surface area contributed by atoms with Crippen molar-refractivity contribution in [2.24, 2.45) is 5.92 Å². The Kier molecular flexibility index (Phi) is 4.47. The van der Waals surface area contributed by atoms with E-state index < -0.39 is 0 Å². The van der Waals surface area contributed by atoms with Crippen LogP contribution in [-0.2, 0) is 0 Å². The fourth-order valence-corrected chi connectivity index (χ4v) is 3.04. The third-order valence-corrected chi connectivity index (χ3v) is 4.35. The third kappa shape index (κ3) is 2.77. The van der Waals surface area contributed by atoms with E-state index in [1.807, 2.05) is 0 Å². The van der Waals surface area contributed by atoms with Gasteiger partial charge in [0.2, 0.25) is 0 Å². The van der Waals surface area contributed by atoms with Gasteiger partial charge in [-0.3, -0.25) is 4.79 Å². The second kappa shape index (κ2) is 5.92. The van der Waals surface area contributed by atoms with E-state index in [1.54, 1.807) is 30.2 Å². The summed E-state index contributed by atoms with van der Waals surface area (Å²) < 4.78 is 5.91. The van der Waals surface area contributed by atoms with Crippen molar-refractivity contribution in [2.75, 3.05) is 20.3 Å². The van der Waals surface area contributed by atoms with Gasteiger partial charge in [-0.2, -0.15) is 0 Å². The first-order valence-corrected chi connectivity index (χ1v) is 7.13. The average molecular weight is 328 g/mol. The van der Waals surface area contributed by atoms with Crippen LogP contribution >= 0.6 is 15.9 Å². The van der Waals surface area contributed by atoms with Crippen molar-refractivity contribution in [1.29, 1.82) is 0 Å². The number of amides is 1. The molecule has 2 rings (SSSR count). The summed E-state index contributed by atoms with van der Waals surface area (Å²) >= 11 is 3.38. The van der Waals surface area contributed by atoms with Crippen molar-refractivity contribution in [3.63, 3.8) is 0 Å². The Balaban J connectivity index is 2.22. The Bertz CT molecular complexity index is 478. The summed E-state index contributed by atoms with van der Waals surface area (Å²) in [5, 5.41) is 9.42. The molecule has 0 aliphatic carbocycles. The Morgan fingerprint density at radius 2 is 2.32 bits per heavy atom. The second-order valence-electron chi connectivity index (χ2n) is 4.86. The van der Waals surface area contributed by atoms with E-state index in [9.17, 15) is 9.90 Å². The number of nitrogens with zero attached hydrogens (tertiary/aromatic N) is 1. The van der Waals surface area contributed by atoms with Crippen molar-refractivity contribution in [3.8, 4) is 5.75 Å². The smallest absolute Gasteiger partial charge is 0.254 e. The fraction of sp³-hybridized carbons (Fsp3) is 0.500. The van der Waals surface area contributed by atoms with Crippen LogP contribution in [-0.4, -0.2) is 42.2 Å². The number of aliphatic hydroxyl groups excluding tert-OH is 1. The minimum Gasteiger partial charge on any atom is -0.496 e. The summed E-state index contributed by atoms with van der Waals surface area (Å²) in [5.74, 6) is 1.01. The third-order valence-electron chi connectivity index (χ3n) is 3.73. The predicted molar refractivity (Wildman–Crippen MR) is 76.4 cm³/mol. The first kappa shape index (κ1) is 14.3. The minimum atomic E-state index is -0.0756. The van der Waals surface area contributed by atoms with Crippen molar-refractivity contribution >= 4 is 21.8 Å². The number of methoxy groups -OCH3 is 1. The molecular formula is C14H18BrNO3. The standard InChI is InChI=1S/C14H18BrNO3/c1-9-5-6-16(12(9)8-17)14(18)10-3-4-13(19-2)11(15)7-10/h3-4,7,9,12,17H,5-6,8H2,1-2H3. The van der Waals surface area contributed by atoms with Gasteiger partial charge in [0.05, 0.1) is 24.2 Å². The molecule has 2 unspecified atom stereocenters. The molecular weight excluding hydrogens is 310 g/mol. The fourth-order valence-electron chi connectivity index (χ4n) is 2.50. The molecule has 1 N–H and O–H groups in total. The van der Waals surface area contributed by atoms with E-state index in [4.69, 9.17) is 4.74 Å². The summed E-state index contributed by atoms with van der Waals surface area (Å²) in [5.41, 5.74) is 0.611. The predicted octanol–water partition coefficient (Wildman–Crippen LogP) is 2.30. The number of hydrogen-bond acceptors (Lipinski definition) is 3. The van der Waals surface area contributed by atoms with Crippen LogP contribution in [0.25, 0.3) is 0 Å². The van der Waals surface area contributed by atoms with Crippen LogP contribution in [0, 0.1) is 5.92 Å². The highest BCUT2D eigenvalue weighted by Crippen LogP contribution is 2.29. The maximum Gasteiger partial charge on any atom is 0.254 e. The zero-order chi connectivity index (χ0) is 14.0. The van der Waals surface area contributed by atoms with Gasteiger partial charge in [0.1, 0.15) is 5.75 Å². The van der Waals surface area contributed by atoms with Crippen LogP contribution in [0.1, 0.15) is 23.7 Å². The molecule has 1 fully saturated rings. The largest absolute Gasteiger partial charge is 0.496 e. The van der Waals surface area contributed by atoms with E-state index in [0.29, 0.717) is 23.8 Å². The maximum absolute atomic E-state index is 12.5. The zero-order valence-electron chi connectivity index (χ0n) is 11.1. The Hall–Kier alpha value is -1.07.